The highest BCUT2D eigenvalue weighted by Crippen LogP contribution is 2.43. The maximum atomic E-state index is 13.1. The summed E-state index contributed by atoms with van der Waals surface area (Å²) in [6, 6.07) is 17.5. The molecule has 3 heterocycles. The first-order valence-electron chi connectivity index (χ1n) is 11.2. The number of hydrogen-bond acceptors (Lipinski definition) is 3. The lowest BCUT2D eigenvalue weighted by molar-refractivity contribution is 0.00560. The lowest BCUT2D eigenvalue weighted by Gasteiger charge is -2.52. The standard InChI is InChI=1S/C25H31N3O2/c1-30-21-10-9-19-11-13-27-17-20-8-5-12-28(23(20)15-24(27)22(19)14-21)25(29)26-16-18-6-3-2-4-7-18/h2-4,6-7,9-10,14,20,23-24H,5,8,11-13,15-17H2,1H3,(H,26,29). The van der Waals surface area contributed by atoms with E-state index in [4.69, 9.17) is 4.74 Å². The van der Waals surface area contributed by atoms with E-state index in [1.807, 2.05) is 18.2 Å². The monoisotopic (exact) mass is 405 g/mol. The van der Waals surface area contributed by atoms with Crippen LogP contribution < -0.4 is 10.1 Å². The Hall–Kier alpha value is -2.53. The molecule has 0 aromatic heterocycles. The molecule has 3 unspecified atom stereocenters. The Bertz CT molecular complexity index is 901. The van der Waals surface area contributed by atoms with Crippen LogP contribution >= 0.6 is 0 Å². The van der Waals surface area contributed by atoms with Gasteiger partial charge in [-0.3, -0.25) is 4.90 Å². The number of carbonyl (C=O) groups excluding carboxylic acids is 1. The normalized spacial score (nSPS) is 25.6. The van der Waals surface area contributed by atoms with Crippen molar-refractivity contribution in [2.45, 2.75) is 44.3 Å². The molecule has 5 heteroatoms. The predicted molar refractivity (Wildman–Crippen MR) is 118 cm³/mol. The molecular formula is C25H31N3O2. The zero-order chi connectivity index (χ0) is 20.5. The smallest absolute Gasteiger partial charge is 0.317 e. The number of nitrogens with one attached hydrogen (secondary N) is 1. The van der Waals surface area contributed by atoms with Gasteiger partial charge in [-0.2, -0.15) is 0 Å². The molecule has 3 atom stereocenters. The van der Waals surface area contributed by atoms with Gasteiger partial charge in [0.1, 0.15) is 5.75 Å². The maximum absolute atomic E-state index is 13.1. The Morgan fingerprint density at radius 1 is 1.17 bits per heavy atom. The van der Waals surface area contributed by atoms with Gasteiger partial charge in [0.25, 0.3) is 0 Å². The second-order valence-electron chi connectivity index (χ2n) is 8.87. The van der Waals surface area contributed by atoms with E-state index in [-0.39, 0.29) is 6.03 Å². The quantitative estimate of drug-likeness (QED) is 0.840. The summed E-state index contributed by atoms with van der Waals surface area (Å²) >= 11 is 0. The van der Waals surface area contributed by atoms with Gasteiger partial charge < -0.3 is 15.0 Å². The molecule has 2 amide bonds. The third-order valence-electron chi connectivity index (χ3n) is 7.22. The molecule has 0 radical (unpaired) electrons. The SMILES string of the molecule is COc1ccc2c(c1)C1CC3C(CCCN3C(=O)NCc3ccccc3)CN1CC2. The van der Waals surface area contributed by atoms with Gasteiger partial charge in [-0.05, 0) is 60.4 Å². The fourth-order valence-corrected chi connectivity index (χ4v) is 5.68. The Kier molecular flexibility index (Phi) is 5.38. The first-order chi connectivity index (χ1) is 14.7. The van der Waals surface area contributed by atoms with Crippen molar-refractivity contribution in [3.63, 3.8) is 0 Å². The van der Waals surface area contributed by atoms with Crippen molar-refractivity contribution in [2.24, 2.45) is 5.92 Å². The van der Waals surface area contributed by atoms with E-state index in [0.717, 1.165) is 50.2 Å². The Balaban J connectivity index is 1.34. The van der Waals surface area contributed by atoms with E-state index in [0.29, 0.717) is 24.5 Å². The Morgan fingerprint density at radius 2 is 2.03 bits per heavy atom. The van der Waals surface area contributed by atoms with Crippen LogP contribution in [0.4, 0.5) is 4.79 Å². The average Bonchev–Trinajstić information content (AvgIpc) is 2.81. The summed E-state index contributed by atoms with van der Waals surface area (Å²) in [5, 5.41) is 3.16. The van der Waals surface area contributed by atoms with E-state index in [2.05, 4.69) is 45.4 Å². The zero-order valence-corrected chi connectivity index (χ0v) is 17.7. The minimum absolute atomic E-state index is 0.0867. The second-order valence-corrected chi connectivity index (χ2v) is 8.87. The third kappa shape index (κ3) is 3.67. The molecule has 2 aromatic rings. The van der Waals surface area contributed by atoms with Crippen LogP contribution in [-0.4, -0.2) is 48.6 Å². The van der Waals surface area contributed by atoms with Crippen molar-refractivity contribution in [1.82, 2.24) is 15.1 Å². The number of likely N-dealkylation sites (tertiary alicyclic amines) is 1. The summed E-state index contributed by atoms with van der Waals surface area (Å²) in [5.74, 6) is 1.50. The maximum Gasteiger partial charge on any atom is 0.317 e. The summed E-state index contributed by atoms with van der Waals surface area (Å²) < 4.78 is 5.51. The fourth-order valence-electron chi connectivity index (χ4n) is 5.68. The number of methoxy groups -OCH3 is 1. The number of fused-ring (bicyclic) bond motifs is 4. The largest absolute Gasteiger partial charge is 0.497 e. The summed E-state index contributed by atoms with van der Waals surface area (Å²) in [6.07, 6.45) is 4.45. The predicted octanol–water partition coefficient (Wildman–Crippen LogP) is 3.99. The number of rotatable bonds is 3. The van der Waals surface area contributed by atoms with Crippen molar-refractivity contribution in [2.75, 3.05) is 26.7 Å². The highest BCUT2D eigenvalue weighted by molar-refractivity contribution is 5.74. The van der Waals surface area contributed by atoms with Gasteiger partial charge in [0.05, 0.1) is 7.11 Å². The average molecular weight is 406 g/mol. The first kappa shape index (κ1) is 19.4. The number of carbonyl (C=O) groups is 1. The van der Waals surface area contributed by atoms with Crippen molar-refractivity contribution < 1.29 is 9.53 Å². The topological polar surface area (TPSA) is 44.8 Å². The van der Waals surface area contributed by atoms with Crippen LogP contribution in [0.3, 0.4) is 0 Å². The number of hydrogen-bond donors (Lipinski definition) is 1. The number of urea groups is 1. The number of ether oxygens (including phenoxy) is 1. The third-order valence-corrected chi connectivity index (χ3v) is 7.22. The van der Waals surface area contributed by atoms with Crippen LogP contribution in [0.5, 0.6) is 5.75 Å². The number of piperidine rings is 2. The van der Waals surface area contributed by atoms with E-state index >= 15 is 0 Å². The van der Waals surface area contributed by atoms with Gasteiger partial charge in [-0.1, -0.05) is 36.4 Å². The van der Waals surface area contributed by atoms with Crippen LogP contribution in [0.2, 0.25) is 0 Å². The van der Waals surface area contributed by atoms with Crippen LogP contribution in [0.25, 0.3) is 0 Å². The molecule has 0 saturated carbocycles. The zero-order valence-electron chi connectivity index (χ0n) is 17.7. The summed E-state index contributed by atoms with van der Waals surface area (Å²) in [4.78, 5) is 17.9. The molecule has 2 aromatic carbocycles. The van der Waals surface area contributed by atoms with Gasteiger partial charge >= 0.3 is 6.03 Å². The molecule has 5 nitrogen and oxygen atoms in total. The molecule has 2 fully saturated rings. The Labute approximate surface area is 179 Å². The van der Waals surface area contributed by atoms with E-state index in [9.17, 15) is 4.79 Å². The number of amides is 2. The minimum atomic E-state index is 0.0867. The summed E-state index contributed by atoms with van der Waals surface area (Å²) in [6.45, 7) is 3.66. The minimum Gasteiger partial charge on any atom is -0.497 e. The fraction of sp³-hybridized carbons (Fsp3) is 0.480. The molecule has 5 rings (SSSR count). The van der Waals surface area contributed by atoms with E-state index < -0.39 is 0 Å². The van der Waals surface area contributed by atoms with Gasteiger partial charge in [0.2, 0.25) is 0 Å². The summed E-state index contributed by atoms with van der Waals surface area (Å²) in [7, 11) is 1.74. The van der Waals surface area contributed by atoms with Crippen LogP contribution in [0.15, 0.2) is 48.5 Å². The molecular weight excluding hydrogens is 374 g/mol. The van der Waals surface area contributed by atoms with Gasteiger partial charge in [-0.25, -0.2) is 4.79 Å². The van der Waals surface area contributed by atoms with Crippen LogP contribution in [0.1, 0.15) is 42.0 Å². The Morgan fingerprint density at radius 3 is 2.87 bits per heavy atom. The van der Waals surface area contributed by atoms with E-state index in [1.54, 1.807) is 7.11 Å². The lowest BCUT2D eigenvalue weighted by Crippen LogP contribution is -2.59. The molecule has 0 aliphatic carbocycles. The molecule has 0 spiro atoms. The highest BCUT2D eigenvalue weighted by Gasteiger charge is 2.44. The van der Waals surface area contributed by atoms with Crippen molar-refractivity contribution in [3.8, 4) is 5.75 Å². The molecule has 2 saturated heterocycles. The van der Waals surface area contributed by atoms with Gasteiger partial charge in [0.15, 0.2) is 0 Å². The molecule has 3 aliphatic rings. The van der Waals surface area contributed by atoms with Crippen LogP contribution in [-0.2, 0) is 13.0 Å². The van der Waals surface area contributed by atoms with Gasteiger partial charge in [0, 0.05) is 38.3 Å². The molecule has 0 bridgehead atoms. The van der Waals surface area contributed by atoms with Gasteiger partial charge in [-0.15, -0.1) is 0 Å². The highest BCUT2D eigenvalue weighted by atomic mass is 16.5. The lowest BCUT2D eigenvalue weighted by atomic mass is 9.76. The summed E-state index contributed by atoms with van der Waals surface area (Å²) in [5.41, 5.74) is 3.98. The molecule has 1 N–H and O–H groups in total. The van der Waals surface area contributed by atoms with Crippen LogP contribution in [0, 0.1) is 5.92 Å². The van der Waals surface area contributed by atoms with Crippen molar-refractivity contribution >= 4 is 6.03 Å². The van der Waals surface area contributed by atoms with E-state index in [1.165, 1.54) is 17.5 Å². The van der Waals surface area contributed by atoms with Crippen molar-refractivity contribution in [1.29, 1.82) is 0 Å². The van der Waals surface area contributed by atoms with Crippen molar-refractivity contribution in [3.05, 3.63) is 65.2 Å². The number of nitrogens with zero attached hydrogens (tertiary/aromatic N) is 2. The molecule has 158 valence electrons. The molecule has 3 aliphatic heterocycles. The number of benzene rings is 2. The molecule has 30 heavy (non-hydrogen) atoms. The second kappa shape index (κ2) is 8.31. The first-order valence-corrected chi connectivity index (χ1v) is 11.2.